The summed E-state index contributed by atoms with van der Waals surface area (Å²) in [6.45, 7) is 0. The summed E-state index contributed by atoms with van der Waals surface area (Å²) in [6.07, 6.45) is 2.81. The van der Waals surface area contributed by atoms with Crippen LogP contribution in [0.1, 0.15) is 25.7 Å². The highest BCUT2D eigenvalue weighted by Crippen LogP contribution is 2.39. The Morgan fingerprint density at radius 2 is 1.89 bits per heavy atom. The SMILES string of the molecule is O=C1CC2CCC(C1)N2c1ccc(F)c([N+](=O)[O-])c1. The normalized spacial score (nSPS) is 25.7. The third-order valence-electron chi connectivity index (χ3n) is 3.97. The zero-order chi connectivity index (χ0) is 13.6. The summed E-state index contributed by atoms with van der Waals surface area (Å²) in [5.74, 6) is -0.574. The van der Waals surface area contributed by atoms with Gasteiger partial charge in [0.25, 0.3) is 0 Å². The molecule has 100 valence electrons. The first kappa shape index (κ1) is 12.1. The number of ketones is 1. The number of Topliss-reactive ketones (excluding diaryl/α,β-unsaturated/α-hetero) is 1. The average Bonchev–Trinajstić information content (AvgIpc) is 2.63. The van der Waals surface area contributed by atoms with Crippen molar-refractivity contribution < 1.29 is 14.1 Å². The van der Waals surface area contributed by atoms with E-state index in [1.807, 2.05) is 4.90 Å². The molecule has 2 bridgehead atoms. The number of fused-ring (bicyclic) bond motifs is 2. The number of carbonyl (C=O) groups is 1. The van der Waals surface area contributed by atoms with Gasteiger partial charge in [0, 0.05) is 36.7 Å². The van der Waals surface area contributed by atoms with Crippen molar-refractivity contribution in [3.05, 3.63) is 34.1 Å². The van der Waals surface area contributed by atoms with Gasteiger partial charge in [-0.15, -0.1) is 0 Å². The van der Waals surface area contributed by atoms with Crippen LogP contribution in [0.15, 0.2) is 18.2 Å². The predicted octanol–water partition coefficient (Wildman–Crippen LogP) is 2.43. The zero-order valence-corrected chi connectivity index (χ0v) is 10.2. The second kappa shape index (κ2) is 4.29. The fourth-order valence-electron chi connectivity index (χ4n) is 3.19. The maximum atomic E-state index is 13.3. The van der Waals surface area contributed by atoms with E-state index < -0.39 is 16.4 Å². The molecule has 6 heteroatoms. The second-order valence-electron chi connectivity index (χ2n) is 5.13. The van der Waals surface area contributed by atoms with E-state index in [-0.39, 0.29) is 17.9 Å². The molecule has 2 fully saturated rings. The van der Waals surface area contributed by atoms with Crippen LogP contribution < -0.4 is 4.90 Å². The number of nitrogens with zero attached hydrogens (tertiary/aromatic N) is 2. The topological polar surface area (TPSA) is 63.5 Å². The largest absolute Gasteiger partial charge is 0.364 e. The monoisotopic (exact) mass is 264 g/mol. The van der Waals surface area contributed by atoms with E-state index in [0.29, 0.717) is 18.5 Å². The lowest BCUT2D eigenvalue weighted by Crippen LogP contribution is -2.43. The number of carbonyl (C=O) groups excluding carboxylic acids is 1. The second-order valence-corrected chi connectivity index (χ2v) is 5.13. The minimum atomic E-state index is -0.825. The number of hydrogen-bond donors (Lipinski definition) is 0. The van der Waals surface area contributed by atoms with Gasteiger partial charge in [-0.1, -0.05) is 0 Å². The molecule has 2 aliphatic heterocycles. The zero-order valence-electron chi connectivity index (χ0n) is 10.2. The molecule has 0 spiro atoms. The summed E-state index contributed by atoms with van der Waals surface area (Å²) in [5, 5.41) is 10.8. The fraction of sp³-hybridized carbons (Fsp3) is 0.462. The molecule has 0 radical (unpaired) electrons. The lowest BCUT2D eigenvalue weighted by atomic mass is 10.0. The predicted molar refractivity (Wildman–Crippen MR) is 66.6 cm³/mol. The van der Waals surface area contributed by atoms with Gasteiger partial charge in [-0.05, 0) is 25.0 Å². The first-order valence-corrected chi connectivity index (χ1v) is 6.30. The van der Waals surface area contributed by atoms with E-state index >= 15 is 0 Å². The molecule has 2 unspecified atom stereocenters. The summed E-state index contributed by atoms with van der Waals surface area (Å²) in [5.41, 5.74) is 0.141. The molecule has 0 amide bonds. The van der Waals surface area contributed by atoms with Gasteiger partial charge in [-0.25, -0.2) is 0 Å². The lowest BCUT2D eigenvalue weighted by molar-refractivity contribution is -0.387. The molecule has 19 heavy (non-hydrogen) atoms. The summed E-state index contributed by atoms with van der Waals surface area (Å²) in [4.78, 5) is 23.7. The Labute approximate surface area is 109 Å². The molecule has 0 aliphatic carbocycles. The smallest absolute Gasteiger partial charge is 0.306 e. The molecule has 1 aromatic rings. The molecule has 2 atom stereocenters. The van der Waals surface area contributed by atoms with Crippen molar-refractivity contribution in [1.29, 1.82) is 0 Å². The highest BCUT2D eigenvalue weighted by atomic mass is 19.1. The summed E-state index contributed by atoms with van der Waals surface area (Å²) >= 11 is 0. The Morgan fingerprint density at radius 1 is 1.26 bits per heavy atom. The molecule has 0 aromatic heterocycles. The van der Waals surface area contributed by atoms with Gasteiger partial charge < -0.3 is 4.90 Å². The minimum absolute atomic E-state index is 0.108. The van der Waals surface area contributed by atoms with E-state index in [2.05, 4.69) is 0 Å². The highest BCUT2D eigenvalue weighted by Gasteiger charge is 2.40. The van der Waals surface area contributed by atoms with Gasteiger partial charge in [-0.2, -0.15) is 4.39 Å². The van der Waals surface area contributed by atoms with Crippen LogP contribution in [0.3, 0.4) is 0 Å². The average molecular weight is 264 g/mol. The Hall–Kier alpha value is -1.98. The Bertz CT molecular complexity index is 545. The maximum Gasteiger partial charge on any atom is 0.306 e. The number of anilines is 1. The highest BCUT2D eigenvalue weighted by molar-refractivity contribution is 5.83. The van der Waals surface area contributed by atoms with E-state index in [0.717, 1.165) is 18.9 Å². The van der Waals surface area contributed by atoms with Crippen molar-refractivity contribution in [3.8, 4) is 0 Å². The van der Waals surface area contributed by atoms with Crippen LogP contribution in [0.25, 0.3) is 0 Å². The molecule has 5 nitrogen and oxygen atoms in total. The van der Waals surface area contributed by atoms with E-state index in [1.165, 1.54) is 6.07 Å². The Balaban J connectivity index is 1.97. The third kappa shape index (κ3) is 1.97. The van der Waals surface area contributed by atoms with Crippen LogP contribution in [0.5, 0.6) is 0 Å². The molecular weight excluding hydrogens is 251 g/mol. The fourth-order valence-corrected chi connectivity index (χ4v) is 3.19. The molecule has 3 rings (SSSR count). The summed E-state index contributed by atoms with van der Waals surface area (Å²) < 4.78 is 13.3. The number of nitro groups is 1. The van der Waals surface area contributed by atoms with Crippen LogP contribution in [0, 0.1) is 15.9 Å². The van der Waals surface area contributed by atoms with Crippen molar-refractivity contribution in [2.75, 3.05) is 4.90 Å². The molecule has 2 saturated heterocycles. The van der Waals surface area contributed by atoms with Gasteiger partial charge in [0.1, 0.15) is 5.78 Å². The molecular formula is C13H13FN2O3. The molecule has 1 aromatic carbocycles. The first-order valence-electron chi connectivity index (χ1n) is 6.30. The van der Waals surface area contributed by atoms with Gasteiger partial charge in [0.2, 0.25) is 5.82 Å². The van der Waals surface area contributed by atoms with Crippen molar-refractivity contribution in [1.82, 2.24) is 0 Å². The van der Waals surface area contributed by atoms with Crippen LogP contribution in [0.4, 0.5) is 15.8 Å². The number of piperidine rings is 1. The molecule has 2 aliphatic rings. The summed E-state index contributed by atoms with van der Waals surface area (Å²) in [6, 6.07) is 4.18. The van der Waals surface area contributed by atoms with Crippen LogP contribution in [-0.2, 0) is 4.79 Å². The Kier molecular flexibility index (Phi) is 2.73. The number of nitro benzene ring substituents is 1. The lowest BCUT2D eigenvalue weighted by Gasteiger charge is -2.35. The molecule has 2 heterocycles. The number of rotatable bonds is 2. The van der Waals surface area contributed by atoms with Crippen molar-refractivity contribution in [2.45, 2.75) is 37.8 Å². The van der Waals surface area contributed by atoms with E-state index in [1.54, 1.807) is 6.07 Å². The quantitative estimate of drug-likeness (QED) is 0.608. The molecule has 0 N–H and O–H groups in total. The maximum absolute atomic E-state index is 13.3. The van der Waals surface area contributed by atoms with Gasteiger partial charge in [0.15, 0.2) is 0 Å². The van der Waals surface area contributed by atoms with Crippen molar-refractivity contribution in [3.63, 3.8) is 0 Å². The van der Waals surface area contributed by atoms with Gasteiger partial charge >= 0.3 is 5.69 Å². The van der Waals surface area contributed by atoms with Crippen LogP contribution >= 0.6 is 0 Å². The first-order chi connectivity index (χ1) is 9.06. The van der Waals surface area contributed by atoms with Crippen molar-refractivity contribution in [2.24, 2.45) is 0 Å². The van der Waals surface area contributed by atoms with Gasteiger partial charge in [-0.3, -0.25) is 14.9 Å². The third-order valence-corrected chi connectivity index (χ3v) is 3.97. The van der Waals surface area contributed by atoms with Crippen LogP contribution in [0.2, 0.25) is 0 Å². The van der Waals surface area contributed by atoms with E-state index in [4.69, 9.17) is 0 Å². The Morgan fingerprint density at radius 3 is 2.47 bits per heavy atom. The molecule has 0 saturated carbocycles. The van der Waals surface area contributed by atoms with Crippen molar-refractivity contribution >= 4 is 17.2 Å². The standard InChI is InChI=1S/C13H13FN2O3/c14-12-4-3-10(7-13(12)16(18)19)15-8-1-2-9(15)6-11(17)5-8/h3-4,7-9H,1-2,5-6H2. The number of hydrogen-bond acceptors (Lipinski definition) is 4. The van der Waals surface area contributed by atoms with Crippen LogP contribution in [-0.4, -0.2) is 22.8 Å². The summed E-state index contributed by atoms with van der Waals surface area (Å²) in [7, 11) is 0. The number of benzene rings is 1. The number of halogens is 1. The minimum Gasteiger partial charge on any atom is -0.364 e. The van der Waals surface area contributed by atoms with E-state index in [9.17, 15) is 19.3 Å². The van der Waals surface area contributed by atoms with Gasteiger partial charge in [0.05, 0.1) is 4.92 Å².